The maximum absolute atomic E-state index is 13.1. The van der Waals surface area contributed by atoms with Gasteiger partial charge in [0, 0.05) is 37.7 Å². The van der Waals surface area contributed by atoms with Gasteiger partial charge in [0.1, 0.15) is 6.33 Å². The number of aryl methyl sites for hydroxylation is 1. The van der Waals surface area contributed by atoms with Crippen molar-refractivity contribution in [1.82, 2.24) is 29.8 Å². The van der Waals surface area contributed by atoms with Crippen LogP contribution in [0, 0.1) is 0 Å². The first-order valence-electron chi connectivity index (χ1n) is 9.97. The van der Waals surface area contributed by atoms with Crippen molar-refractivity contribution in [3.05, 3.63) is 87.4 Å². The predicted molar refractivity (Wildman–Crippen MR) is 111 cm³/mol. The fourth-order valence-electron chi connectivity index (χ4n) is 3.96. The summed E-state index contributed by atoms with van der Waals surface area (Å²) in [6.07, 6.45) is 2.88. The van der Waals surface area contributed by atoms with Gasteiger partial charge in [-0.1, -0.05) is 35.5 Å². The maximum atomic E-state index is 13.1. The zero-order chi connectivity index (χ0) is 21.4. The lowest BCUT2D eigenvalue weighted by molar-refractivity contribution is 0.0734. The van der Waals surface area contributed by atoms with E-state index in [0.717, 1.165) is 23.1 Å². The van der Waals surface area contributed by atoms with Gasteiger partial charge < -0.3 is 4.90 Å². The molecule has 0 saturated heterocycles. The van der Waals surface area contributed by atoms with Gasteiger partial charge in [0.05, 0.1) is 0 Å². The summed E-state index contributed by atoms with van der Waals surface area (Å²) in [5.74, 6) is 0.576. The van der Waals surface area contributed by atoms with Crippen LogP contribution in [0.5, 0.6) is 0 Å². The minimum absolute atomic E-state index is 0.00239. The molecule has 0 radical (unpaired) electrons. The highest BCUT2D eigenvalue weighted by atomic mass is 16.5. The quantitative estimate of drug-likeness (QED) is 0.545. The van der Waals surface area contributed by atoms with E-state index in [4.69, 9.17) is 0 Å². The van der Waals surface area contributed by atoms with Crippen LogP contribution in [0.2, 0.25) is 0 Å². The van der Waals surface area contributed by atoms with Crippen molar-refractivity contribution in [2.24, 2.45) is 7.05 Å². The van der Waals surface area contributed by atoms with E-state index in [2.05, 4.69) is 24.7 Å². The summed E-state index contributed by atoms with van der Waals surface area (Å²) in [6, 6.07) is 13.4. The van der Waals surface area contributed by atoms with Crippen LogP contribution < -0.4 is 5.76 Å². The minimum atomic E-state index is -0.554. The molecule has 0 unspecified atom stereocenters. The van der Waals surface area contributed by atoms with Crippen LogP contribution in [-0.4, -0.2) is 42.3 Å². The first kappa shape index (κ1) is 19.0. The Bertz CT molecular complexity index is 1300. The first-order chi connectivity index (χ1) is 15.1. The highest BCUT2D eigenvalue weighted by Gasteiger charge is 2.24. The van der Waals surface area contributed by atoms with E-state index < -0.39 is 5.76 Å². The van der Waals surface area contributed by atoms with E-state index in [1.165, 1.54) is 5.56 Å². The second-order valence-electron chi connectivity index (χ2n) is 7.57. The summed E-state index contributed by atoms with van der Waals surface area (Å²) in [5.41, 5.74) is 4.90. The molecule has 3 heterocycles. The van der Waals surface area contributed by atoms with Crippen LogP contribution in [0.25, 0.3) is 11.4 Å². The predicted octanol–water partition coefficient (Wildman–Crippen LogP) is 1.95. The van der Waals surface area contributed by atoms with Crippen molar-refractivity contribution in [1.29, 1.82) is 0 Å². The molecule has 31 heavy (non-hydrogen) atoms. The normalized spacial score (nSPS) is 13.3. The fraction of sp³-hybridized carbons (Fsp3) is 0.227. The molecule has 0 aliphatic carbocycles. The number of H-pyrrole nitrogens is 1. The number of aromatic nitrogens is 5. The molecule has 5 rings (SSSR count). The summed E-state index contributed by atoms with van der Waals surface area (Å²) < 4.78 is 6.24. The molecular weight excluding hydrogens is 396 g/mol. The Balaban J connectivity index is 1.33. The number of amides is 1. The second kappa shape index (κ2) is 7.67. The molecule has 2 aromatic carbocycles. The van der Waals surface area contributed by atoms with Gasteiger partial charge in [0.2, 0.25) is 0 Å². The zero-order valence-electron chi connectivity index (χ0n) is 16.9. The molecule has 1 N–H and O–H groups in total. The first-order valence-corrected chi connectivity index (χ1v) is 9.97. The summed E-state index contributed by atoms with van der Waals surface area (Å²) in [6.45, 7) is 1.17. The summed E-state index contributed by atoms with van der Waals surface area (Å²) in [7, 11) is 1.82. The lowest BCUT2D eigenvalue weighted by Crippen LogP contribution is -2.36. The average molecular weight is 416 g/mol. The Kier molecular flexibility index (Phi) is 4.70. The molecule has 9 heteroatoms. The van der Waals surface area contributed by atoms with Gasteiger partial charge in [-0.2, -0.15) is 5.10 Å². The van der Waals surface area contributed by atoms with Crippen molar-refractivity contribution >= 4 is 5.91 Å². The molecule has 1 aliphatic rings. The fourth-order valence-corrected chi connectivity index (χ4v) is 3.96. The third-order valence-electron chi connectivity index (χ3n) is 5.48. The van der Waals surface area contributed by atoms with E-state index >= 15 is 0 Å². The maximum Gasteiger partial charge on any atom is 0.438 e. The van der Waals surface area contributed by atoms with Gasteiger partial charge >= 0.3 is 5.76 Å². The van der Waals surface area contributed by atoms with Gasteiger partial charge in [-0.3, -0.25) is 19.0 Å². The van der Waals surface area contributed by atoms with Crippen LogP contribution >= 0.6 is 0 Å². The van der Waals surface area contributed by atoms with Gasteiger partial charge in [-0.25, -0.2) is 9.78 Å². The molecule has 1 aliphatic heterocycles. The topological polar surface area (TPSA) is 110 Å². The third-order valence-corrected chi connectivity index (χ3v) is 5.48. The number of hydrogen-bond acceptors (Lipinski definition) is 6. The zero-order valence-corrected chi connectivity index (χ0v) is 16.9. The molecule has 0 fully saturated rings. The van der Waals surface area contributed by atoms with Crippen LogP contribution in [0.15, 0.2) is 58.1 Å². The van der Waals surface area contributed by atoms with Gasteiger partial charge in [-0.15, -0.1) is 0 Å². The average Bonchev–Trinajstić information content (AvgIpc) is 3.41. The number of carbonyl (C=O) groups is 1. The van der Waals surface area contributed by atoms with Crippen molar-refractivity contribution in [2.45, 2.75) is 19.4 Å². The third kappa shape index (κ3) is 3.77. The number of rotatable bonds is 4. The van der Waals surface area contributed by atoms with Gasteiger partial charge in [0.15, 0.2) is 11.6 Å². The number of aromatic amines is 1. The van der Waals surface area contributed by atoms with Crippen molar-refractivity contribution in [3.8, 4) is 11.4 Å². The Morgan fingerprint density at radius 2 is 2.03 bits per heavy atom. The van der Waals surface area contributed by atoms with E-state index in [0.29, 0.717) is 36.7 Å². The van der Waals surface area contributed by atoms with Crippen LogP contribution in [0.3, 0.4) is 0 Å². The van der Waals surface area contributed by atoms with Crippen LogP contribution in [0.4, 0.5) is 0 Å². The molecule has 2 aromatic heterocycles. The highest BCUT2D eigenvalue weighted by molar-refractivity contribution is 5.94. The number of nitrogens with zero attached hydrogens (tertiary/aromatic N) is 5. The van der Waals surface area contributed by atoms with E-state index in [-0.39, 0.29) is 5.91 Å². The Morgan fingerprint density at radius 3 is 2.74 bits per heavy atom. The summed E-state index contributed by atoms with van der Waals surface area (Å²) in [4.78, 5) is 32.9. The largest absolute Gasteiger partial charge is 0.438 e. The molecule has 0 bridgehead atoms. The molecule has 9 nitrogen and oxygen atoms in total. The monoisotopic (exact) mass is 416 g/mol. The number of nitrogens with one attached hydrogen (secondary N) is 1. The van der Waals surface area contributed by atoms with Crippen LogP contribution in [-0.2, 0) is 26.4 Å². The lowest BCUT2D eigenvalue weighted by Gasteiger charge is -2.30. The lowest BCUT2D eigenvalue weighted by atomic mass is 9.92. The smallest absolute Gasteiger partial charge is 0.334 e. The summed E-state index contributed by atoms with van der Waals surface area (Å²) in [5, 5.41) is 8.05. The van der Waals surface area contributed by atoms with Crippen molar-refractivity contribution in [3.63, 3.8) is 0 Å². The molecule has 0 saturated carbocycles. The van der Waals surface area contributed by atoms with Crippen molar-refractivity contribution < 1.29 is 9.32 Å². The number of fused-ring (bicyclic) bond motifs is 1. The number of hydrogen-bond donors (Lipinski definition) is 1. The molecule has 0 spiro atoms. The molecule has 0 atom stereocenters. The van der Waals surface area contributed by atoms with Gasteiger partial charge in [-0.05, 0) is 35.2 Å². The summed E-state index contributed by atoms with van der Waals surface area (Å²) >= 11 is 0. The van der Waals surface area contributed by atoms with Gasteiger partial charge in [0.25, 0.3) is 5.91 Å². The number of carbonyl (C=O) groups excluding carboxylic acids is 1. The standard InChI is InChI=1S/C22H20N6O3/c1-27-13-23-20(25-27)14-5-7-15(8-6-14)21(29)28-10-9-18-16(3-2-4-17(18)12-28)11-19-24-22(30)31-26-19/h2-8,13H,9-12H2,1H3,(H,24,26,30). The Morgan fingerprint density at radius 1 is 1.19 bits per heavy atom. The molecule has 1 amide bonds. The second-order valence-corrected chi connectivity index (χ2v) is 7.57. The van der Waals surface area contributed by atoms with E-state index in [1.54, 1.807) is 11.0 Å². The molecular formula is C22H20N6O3. The molecule has 156 valence electrons. The Labute approximate surface area is 177 Å². The minimum Gasteiger partial charge on any atom is -0.334 e. The van der Waals surface area contributed by atoms with Crippen LogP contribution in [0.1, 0.15) is 32.9 Å². The van der Waals surface area contributed by atoms with E-state index in [1.807, 2.05) is 54.4 Å². The number of benzene rings is 2. The Hall–Kier alpha value is -4.01. The molecule has 4 aromatic rings. The highest BCUT2D eigenvalue weighted by Crippen LogP contribution is 2.25. The SMILES string of the molecule is Cn1cnc(-c2ccc(C(=O)N3CCc4c(Cc5noc(=O)[nH]5)cccc4C3)cc2)n1. The van der Waals surface area contributed by atoms with E-state index in [9.17, 15) is 9.59 Å². The van der Waals surface area contributed by atoms with Crippen molar-refractivity contribution in [2.75, 3.05) is 6.54 Å².